The smallest absolute Gasteiger partial charge is 0.549 e. The Kier molecular flexibility index (Phi) is 19.7. The minimum atomic E-state index is -1.51. The van der Waals surface area contributed by atoms with Gasteiger partial charge in [0.25, 0.3) is 0 Å². The molecule has 0 saturated carbocycles. The van der Waals surface area contributed by atoms with Crippen molar-refractivity contribution in [3.05, 3.63) is 0 Å². The van der Waals surface area contributed by atoms with Crippen LogP contribution in [0.3, 0.4) is 0 Å². The first kappa shape index (κ1) is 29.5. The molecule has 0 aliphatic rings. The summed E-state index contributed by atoms with van der Waals surface area (Å²) in [5, 5.41) is 38.0. The number of aliphatic carboxylic acids is 4. The van der Waals surface area contributed by atoms with Crippen LogP contribution in [0.1, 0.15) is 0 Å². The first-order chi connectivity index (χ1) is 9.20. The van der Waals surface area contributed by atoms with Gasteiger partial charge in [0.2, 0.25) is 0 Å². The molecule has 13 heteroatoms. The van der Waals surface area contributed by atoms with E-state index in [1.54, 1.807) is 0 Å². The number of rotatable bonds is 11. The van der Waals surface area contributed by atoms with Crippen LogP contribution in [0.15, 0.2) is 0 Å². The van der Waals surface area contributed by atoms with Gasteiger partial charge >= 0.3 is 35.0 Å². The largest absolute Gasteiger partial charge is 2.00 e. The molecule has 0 aliphatic heterocycles. The molecule has 0 radical (unpaired) electrons. The molecule has 130 valence electrons. The van der Waals surface area contributed by atoms with Crippen LogP contribution in [-0.2, 0) is 19.2 Å². The molecule has 0 spiro atoms. The molecular weight excluding hydrogens is 328 g/mol. The van der Waals surface area contributed by atoms with Gasteiger partial charge < -0.3 is 42.3 Å². The number of carboxylic acid groups (broad SMARTS) is 4. The van der Waals surface area contributed by atoms with Crippen LogP contribution in [0.25, 0.3) is 0 Å². The molecule has 0 heterocycles. The summed E-state index contributed by atoms with van der Waals surface area (Å²) in [6.07, 6.45) is 0. The van der Waals surface area contributed by atoms with E-state index in [0.29, 0.717) is 0 Å². The monoisotopic (exact) mass is 348 g/mol. The molecule has 0 aromatic carbocycles. The zero-order chi connectivity index (χ0) is 15.7. The van der Waals surface area contributed by atoms with Gasteiger partial charge in [0.15, 0.2) is 0 Å². The molecule has 23 heavy (non-hydrogen) atoms. The van der Waals surface area contributed by atoms with Crippen LogP contribution < -0.4 is 22.5 Å². The van der Waals surface area contributed by atoms with Crippen molar-refractivity contribution in [1.29, 1.82) is 0 Å². The van der Waals surface area contributed by atoms with Gasteiger partial charge in [-0.25, -0.2) is 0 Å². The molecule has 0 atom stereocenters. The maximum absolute atomic E-state index is 10.5. The first-order valence-corrected chi connectivity index (χ1v) is 5.48. The van der Waals surface area contributed by atoms with Crippen molar-refractivity contribution < 1.29 is 39.6 Å². The minimum absolute atomic E-state index is 0. The second-order valence-corrected chi connectivity index (χ2v) is 3.95. The fourth-order valence-corrected chi connectivity index (χ4v) is 1.46. The third kappa shape index (κ3) is 18.4. The molecule has 0 rings (SSSR count). The average Bonchev–Trinajstić information content (AvgIpc) is 2.22. The summed E-state index contributed by atoms with van der Waals surface area (Å²) in [4.78, 5) is 43.9. The molecule has 8 N–H and O–H groups in total. The van der Waals surface area contributed by atoms with Gasteiger partial charge in [-0.05, 0) is 0 Å². The van der Waals surface area contributed by atoms with E-state index in [1.165, 1.54) is 0 Å². The molecular formula is C10H20MgN4O8. The summed E-state index contributed by atoms with van der Waals surface area (Å²) < 4.78 is 0. The molecule has 0 amide bonds. The van der Waals surface area contributed by atoms with Crippen LogP contribution in [0.4, 0.5) is 0 Å². The maximum atomic E-state index is 10.5. The topological polar surface area (TPSA) is 231 Å². The quantitative estimate of drug-likeness (QED) is 0.257. The Morgan fingerprint density at radius 3 is 1.17 bits per heavy atom. The summed E-state index contributed by atoms with van der Waals surface area (Å²) in [6, 6.07) is 0. The first-order valence-electron chi connectivity index (χ1n) is 5.48. The van der Waals surface area contributed by atoms with Crippen molar-refractivity contribution in [2.75, 3.05) is 39.3 Å². The van der Waals surface area contributed by atoms with E-state index in [0.717, 1.165) is 9.80 Å². The molecule has 0 aromatic rings. The predicted molar refractivity (Wildman–Crippen MR) is 74.0 cm³/mol. The van der Waals surface area contributed by atoms with Crippen molar-refractivity contribution in [2.24, 2.45) is 0 Å². The van der Waals surface area contributed by atoms with E-state index in [-0.39, 0.29) is 48.4 Å². The van der Waals surface area contributed by atoms with E-state index in [4.69, 9.17) is 10.2 Å². The van der Waals surface area contributed by atoms with Gasteiger partial charge in [-0.3, -0.25) is 19.4 Å². The fraction of sp³-hybridized carbons (Fsp3) is 0.600. The van der Waals surface area contributed by atoms with Gasteiger partial charge in [-0.15, -0.1) is 0 Å². The summed E-state index contributed by atoms with van der Waals surface area (Å²) in [5.41, 5.74) is 0. The third-order valence-corrected chi connectivity index (χ3v) is 2.16. The van der Waals surface area contributed by atoms with Crippen LogP contribution in [-0.4, -0.2) is 106 Å². The minimum Gasteiger partial charge on any atom is -0.549 e. The van der Waals surface area contributed by atoms with E-state index in [2.05, 4.69) is 0 Å². The standard InChI is InChI=1S/C10H16N2O8.Mg.2H3N/c13-7(14)3-11(4-8(15)16)1-2-12(5-9(17)18)6-10(19)20;;;/h1-6H2,(H,13,14)(H,15,16)(H,17,18)(H,19,20);;2*1H3/q;+2;;/p-2. The van der Waals surface area contributed by atoms with Gasteiger partial charge in [0.1, 0.15) is 0 Å². The summed E-state index contributed by atoms with van der Waals surface area (Å²) in [5.74, 6) is -5.52. The molecule has 0 saturated heterocycles. The number of carboxylic acids is 4. The summed E-state index contributed by atoms with van der Waals surface area (Å²) in [6.45, 7) is -2.75. The van der Waals surface area contributed by atoms with Crippen LogP contribution in [0, 0.1) is 0 Å². The van der Waals surface area contributed by atoms with Crippen molar-refractivity contribution in [1.82, 2.24) is 22.1 Å². The van der Waals surface area contributed by atoms with Crippen LogP contribution in [0.5, 0.6) is 0 Å². The number of carbonyl (C=O) groups excluding carboxylic acids is 2. The Hall–Kier alpha value is -1.51. The maximum Gasteiger partial charge on any atom is 2.00 e. The van der Waals surface area contributed by atoms with Crippen molar-refractivity contribution in [3.8, 4) is 0 Å². The normalized spacial score (nSPS) is 9.30. The number of carbonyl (C=O) groups is 4. The number of hydrogen-bond donors (Lipinski definition) is 4. The number of nitrogens with zero attached hydrogens (tertiary/aromatic N) is 2. The average molecular weight is 349 g/mol. The second kappa shape index (κ2) is 15.4. The van der Waals surface area contributed by atoms with E-state index in [1.807, 2.05) is 0 Å². The van der Waals surface area contributed by atoms with Gasteiger partial charge in [-0.2, -0.15) is 0 Å². The van der Waals surface area contributed by atoms with Crippen molar-refractivity contribution in [3.63, 3.8) is 0 Å². The van der Waals surface area contributed by atoms with E-state index in [9.17, 15) is 29.4 Å². The van der Waals surface area contributed by atoms with Crippen molar-refractivity contribution >= 4 is 46.9 Å². The Morgan fingerprint density at radius 1 is 0.696 bits per heavy atom. The molecule has 12 nitrogen and oxygen atoms in total. The Labute approximate surface area is 148 Å². The molecule has 0 bridgehead atoms. The third-order valence-electron chi connectivity index (χ3n) is 2.16. The Bertz CT molecular complexity index is 327. The zero-order valence-electron chi connectivity index (χ0n) is 12.6. The Balaban J connectivity index is -0.000000602. The van der Waals surface area contributed by atoms with Crippen LogP contribution >= 0.6 is 0 Å². The summed E-state index contributed by atoms with van der Waals surface area (Å²) in [7, 11) is 0. The molecule has 0 aliphatic carbocycles. The van der Waals surface area contributed by atoms with Crippen molar-refractivity contribution in [2.45, 2.75) is 0 Å². The second-order valence-electron chi connectivity index (χ2n) is 3.95. The van der Waals surface area contributed by atoms with Gasteiger partial charge in [0, 0.05) is 26.2 Å². The molecule has 0 fully saturated rings. The molecule has 0 unspecified atom stereocenters. The zero-order valence-corrected chi connectivity index (χ0v) is 14.0. The SMILES string of the molecule is N.N.O=C([O-])CN(CCN(CC(=O)O)CC(=O)O)CC(=O)[O-].[Mg+2]. The van der Waals surface area contributed by atoms with E-state index < -0.39 is 50.1 Å². The Morgan fingerprint density at radius 2 is 0.957 bits per heavy atom. The number of hydrogen-bond acceptors (Lipinski definition) is 10. The van der Waals surface area contributed by atoms with Gasteiger partial charge in [-0.1, -0.05) is 0 Å². The fourth-order valence-electron chi connectivity index (χ4n) is 1.46. The van der Waals surface area contributed by atoms with E-state index >= 15 is 0 Å². The van der Waals surface area contributed by atoms with Crippen LogP contribution in [0.2, 0.25) is 0 Å². The van der Waals surface area contributed by atoms with Gasteiger partial charge in [0.05, 0.1) is 25.0 Å². The summed E-state index contributed by atoms with van der Waals surface area (Å²) >= 11 is 0. The molecule has 0 aromatic heterocycles. The predicted octanol–water partition coefficient (Wildman–Crippen LogP) is -4.80.